The number of carbonyl (C=O) groups excluding carboxylic acids is 2. The van der Waals surface area contributed by atoms with Gasteiger partial charge in [0.25, 0.3) is 0 Å². The maximum atomic E-state index is 11.8. The van der Waals surface area contributed by atoms with E-state index in [1.807, 2.05) is 18.2 Å². The van der Waals surface area contributed by atoms with Crippen molar-refractivity contribution in [3.63, 3.8) is 0 Å². The van der Waals surface area contributed by atoms with Crippen molar-refractivity contribution >= 4 is 23.3 Å². The summed E-state index contributed by atoms with van der Waals surface area (Å²) in [6, 6.07) is 9.72. The minimum atomic E-state index is -0.772. The lowest BCUT2D eigenvalue weighted by molar-refractivity contribution is -0.141. The van der Waals surface area contributed by atoms with Gasteiger partial charge in [0.05, 0.1) is 12.1 Å². The number of amides is 1. The maximum absolute atomic E-state index is 11.8. The number of hydrogen-bond donors (Lipinski definition) is 2. The van der Waals surface area contributed by atoms with Gasteiger partial charge >= 0.3 is 12.1 Å². The molecule has 0 fully saturated rings. The molecule has 0 aliphatic carbocycles. The molecule has 0 bridgehead atoms. The van der Waals surface area contributed by atoms with Gasteiger partial charge in [0.15, 0.2) is 0 Å². The fraction of sp³-hybridized carbons (Fsp3) is 0.357. The zero-order valence-corrected chi connectivity index (χ0v) is 21.1. The number of allylic oxidation sites excluding steroid dienone is 1. The average molecular weight is 493 g/mol. The Morgan fingerprint density at radius 3 is 2.75 bits per heavy atom. The minimum absolute atomic E-state index is 0.143. The number of carbonyl (C=O) groups is 2. The van der Waals surface area contributed by atoms with Gasteiger partial charge < -0.3 is 29.6 Å². The minimum Gasteiger partial charge on any atom is -0.485 e. The van der Waals surface area contributed by atoms with E-state index < -0.39 is 12.1 Å². The lowest BCUT2D eigenvalue weighted by Crippen LogP contribution is -2.32. The second kappa shape index (κ2) is 10.4. The first-order valence-electron chi connectivity index (χ1n) is 12.0. The smallest absolute Gasteiger partial charge is 0.410 e. The third-order valence-corrected chi connectivity index (χ3v) is 5.99. The van der Waals surface area contributed by atoms with Gasteiger partial charge in [-0.2, -0.15) is 0 Å². The molecule has 1 unspecified atom stereocenters. The van der Waals surface area contributed by atoms with Crippen molar-refractivity contribution < 1.29 is 28.5 Å². The van der Waals surface area contributed by atoms with Gasteiger partial charge in [-0.15, -0.1) is 6.58 Å². The topological polar surface area (TPSA) is 95.1 Å². The Hall–Kier alpha value is -3.94. The summed E-state index contributed by atoms with van der Waals surface area (Å²) in [5, 5.41) is 5.93. The molecule has 2 aliphatic heterocycles. The Labute approximate surface area is 211 Å². The maximum Gasteiger partial charge on any atom is 0.410 e. The van der Waals surface area contributed by atoms with Crippen LogP contribution < -0.4 is 20.1 Å². The van der Waals surface area contributed by atoms with Crippen LogP contribution in [-0.2, 0) is 14.3 Å². The van der Waals surface area contributed by atoms with Crippen molar-refractivity contribution in [3.05, 3.63) is 60.2 Å². The van der Waals surface area contributed by atoms with Crippen LogP contribution in [0, 0.1) is 0 Å². The predicted octanol–water partition coefficient (Wildman–Crippen LogP) is 5.60. The highest BCUT2D eigenvalue weighted by atomic mass is 16.7. The van der Waals surface area contributed by atoms with Crippen molar-refractivity contribution in [2.45, 2.75) is 45.8 Å². The molecule has 0 saturated carbocycles. The SMILES string of the molecule is C=CCC1Oc2ccc(OCOC(=O)NCC(=O)OCC)cc2-c2ccc3c(c21)C(C)=CC(C)(C)N3. The normalized spacial score (nSPS) is 16.6. The Balaban J connectivity index is 1.55. The van der Waals surface area contributed by atoms with Crippen molar-refractivity contribution in [3.8, 4) is 22.6 Å². The first kappa shape index (κ1) is 25.2. The van der Waals surface area contributed by atoms with E-state index in [9.17, 15) is 9.59 Å². The summed E-state index contributed by atoms with van der Waals surface area (Å²) in [5.74, 6) is 0.734. The van der Waals surface area contributed by atoms with E-state index in [-0.39, 0.29) is 31.6 Å². The number of benzene rings is 2. The molecular formula is C28H32N2O6. The zero-order chi connectivity index (χ0) is 25.9. The number of esters is 1. The molecule has 36 heavy (non-hydrogen) atoms. The molecule has 2 aromatic rings. The van der Waals surface area contributed by atoms with E-state index in [1.54, 1.807) is 13.0 Å². The Kier molecular flexibility index (Phi) is 7.24. The second-order valence-electron chi connectivity index (χ2n) is 9.26. The van der Waals surface area contributed by atoms with Crippen LogP contribution in [-0.4, -0.2) is 37.5 Å². The summed E-state index contributed by atoms with van der Waals surface area (Å²) in [6.07, 6.45) is 3.85. The Morgan fingerprint density at radius 1 is 1.19 bits per heavy atom. The second-order valence-corrected chi connectivity index (χ2v) is 9.26. The Bertz CT molecular complexity index is 1220. The summed E-state index contributed by atoms with van der Waals surface area (Å²) >= 11 is 0. The quantitative estimate of drug-likeness (QED) is 0.281. The van der Waals surface area contributed by atoms with Gasteiger partial charge in [0, 0.05) is 28.8 Å². The summed E-state index contributed by atoms with van der Waals surface area (Å²) in [5.41, 5.74) is 6.36. The molecule has 2 N–H and O–H groups in total. The highest BCUT2D eigenvalue weighted by molar-refractivity contribution is 5.90. The van der Waals surface area contributed by atoms with Crippen LogP contribution >= 0.6 is 0 Å². The number of fused-ring (bicyclic) bond motifs is 5. The van der Waals surface area contributed by atoms with E-state index in [1.165, 1.54) is 5.57 Å². The number of hydrogen-bond acceptors (Lipinski definition) is 7. The van der Waals surface area contributed by atoms with Crippen LogP contribution in [0.15, 0.2) is 49.1 Å². The van der Waals surface area contributed by atoms with Gasteiger partial charge in [0.1, 0.15) is 24.1 Å². The fourth-order valence-electron chi connectivity index (χ4n) is 4.71. The monoisotopic (exact) mass is 492 g/mol. The number of nitrogens with one attached hydrogen (secondary N) is 2. The van der Waals surface area contributed by atoms with E-state index in [4.69, 9.17) is 18.9 Å². The zero-order valence-electron chi connectivity index (χ0n) is 21.1. The van der Waals surface area contributed by atoms with E-state index in [0.717, 1.165) is 33.7 Å². The number of rotatable bonds is 8. The third kappa shape index (κ3) is 5.32. The molecule has 8 heteroatoms. The third-order valence-electron chi connectivity index (χ3n) is 5.99. The van der Waals surface area contributed by atoms with Crippen molar-refractivity contribution in [1.29, 1.82) is 0 Å². The molecule has 1 atom stereocenters. The molecule has 190 valence electrons. The van der Waals surface area contributed by atoms with Crippen LogP contribution in [0.3, 0.4) is 0 Å². The van der Waals surface area contributed by atoms with Crippen molar-refractivity contribution in [1.82, 2.24) is 5.32 Å². The van der Waals surface area contributed by atoms with Crippen LogP contribution in [0.2, 0.25) is 0 Å². The molecule has 1 amide bonds. The summed E-state index contributed by atoms with van der Waals surface area (Å²) in [7, 11) is 0. The van der Waals surface area contributed by atoms with Crippen LogP contribution in [0.5, 0.6) is 11.5 Å². The van der Waals surface area contributed by atoms with Crippen molar-refractivity contribution in [2.75, 3.05) is 25.3 Å². The van der Waals surface area contributed by atoms with Gasteiger partial charge in [0.2, 0.25) is 6.79 Å². The summed E-state index contributed by atoms with van der Waals surface area (Å²) < 4.78 is 21.8. The molecule has 2 aliphatic rings. The van der Waals surface area contributed by atoms with E-state index in [2.05, 4.69) is 56.2 Å². The fourth-order valence-corrected chi connectivity index (χ4v) is 4.71. The van der Waals surface area contributed by atoms with Crippen LogP contribution in [0.25, 0.3) is 16.7 Å². The van der Waals surface area contributed by atoms with Gasteiger partial charge in [-0.25, -0.2) is 4.79 Å². The number of anilines is 1. The molecule has 0 radical (unpaired) electrons. The molecule has 2 heterocycles. The van der Waals surface area contributed by atoms with Gasteiger partial charge in [-0.05, 0) is 63.1 Å². The molecule has 0 spiro atoms. The lowest BCUT2D eigenvalue weighted by atomic mass is 9.81. The van der Waals surface area contributed by atoms with Crippen LogP contribution in [0.4, 0.5) is 10.5 Å². The van der Waals surface area contributed by atoms with Gasteiger partial charge in [-0.3, -0.25) is 4.79 Å². The lowest BCUT2D eigenvalue weighted by Gasteiger charge is -2.37. The first-order valence-corrected chi connectivity index (χ1v) is 12.0. The Morgan fingerprint density at radius 2 is 2.00 bits per heavy atom. The first-order chi connectivity index (χ1) is 17.2. The average Bonchev–Trinajstić information content (AvgIpc) is 2.82. The van der Waals surface area contributed by atoms with E-state index in [0.29, 0.717) is 12.2 Å². The largest absolute Gasteiger partial charge is 0.485 e. The highest BCUT2D eigenvalue weighted by Crippen LogP contribution is 2.50. The predicted molar refractivity (Wildman–Crippen MR) is 138 cm³/mol. The molecule has 0 saturated heterocycles. The van der Waals surface area contributed by atoms with E-state index >= 15 is 0 Å². The summed E-state index contributed by atoms with van der Waals surface area (Å²) in [4.78, 5) is 23.1. The molecule has 0 aromatic heterocycles. The standard InChI is InChI=1S/C28H32N2O6/c1-6-8-23-26-19(10-11-21-25(26)17(3)14-28(4,5)30-21)20-13-18(9-12-22(20)36-23)34-16-35-27(32)29-15-24(31)33-7-2/h6,9-14,23,30H,1,7-8,15-16H2,2-5H3,(H,29,32). The number of alkyl carbamates (subject to hydrolysis) is 1. The van der Waals surface area contributed by atoms with Gasteiger partial charge in [-0.1, -0.05) is 18.2 Å². The summed E-state index contributed by atoms with van der Waals surface area (Å²) in [6.45, 7) is 11.7. The number of ether oxygens (including phenoxy) is 4. The highest BCUT2D eigenvalue weighted by Gasteiger charge is 2.33. The molecular weight excluding hydrogens is 460 g/mol. The molecule has 2 aromatic carbocycles. The molecule has 4 rings (SSSR count). The molecule has 8 nitrogen and oxygen atoms in total. The van der Waals surface area contributed by atoms with Crippen LogP contribution in [0.1, 0.15) is 51.3 Å². The van der Waals surface area contributed by atoms with Crippen molar-refractivity contribution in [2.24, 2.45) is 0 Å².